The molecule has 4 heterocycles. The van der Waals surface area contributed by atoms with Gasteiger partial charge in [0.15, 0.2) is 0 Å². The molecule has 1 aliphatic carbocycles. The summed E-state index contributed by atoms with van der Waals surface area (Å²) in [7, 11) is 0. The summed E-state index contributed by atoms with van der Waals surface area (Å²) in [6, 6.07) is 5.51. The van der Waals surface area contributed by atoms with Crippen molar-refractivity contribution in [1.29, 1.82) is 0 Å². The normalized spacial score (nSPS) is 21.4. The molecule has 0 bridgehead atoms. The molecule has 9 heteroatoms. The number of hydrogen-bond donors (Lipinski definition) is 1. The van der Waals surface area contributed by atoms with Gasteiger partial charge in [0, 0.05) is 18.4 Å². The number of pyridine rings is 3. The molecule has 4 aromatic rings. The van der Waals surface area contributed by atoms with Crippen LogP contribution in [0.3, 0.4) is 0 Å². The lowest BCUT2D eigenvalue weighted by Gasteiger charge is -2.35. The van der Waals surface area contributed by atoms with E-state index in [2.05, 4.69) is 34.0 Å². The molecule has 0 radical (unpaired) electrons. The third kappa shape index (κ3) is 3.44. The van der Waals surface area contributed by atoms with Gasteiger partial charge >= 0.3 is 0 Å². The van der Waals surface area contributed by atoms with Gasteiger partial charge in [0.2, 0.25) is 11.1 Å². The van der Waals surface area contributed by atoms with Crippen LogP contribution in [0.25, 0.3) is 27.8 Å². The number of aromatic amines is 1. The fourth-order valence-electron chi connectivity index (χ4n) is 4.75. The molecule has 32 heavy (non-hydrogen) atoms. The van der Waals surface area contributed by atoms with Gasteiger partial charge in [-0.15, -0.1) is 5.10 Å². The minimum Gasteiger partial charge on any atom is -0.312 e. The van der Waals surface area contributed by atoms with Gasteiger partial charge in [-0.3, -0.25) is 14.2 Å². The first-order chi connectivity index (χ1) is 15.5. The second kappa shape index (κ2) is 8.20. The summed E-state index contributed by atoms with van der Waals surface area (Å²) in [6.07, 6.45) is 6.82. The summed E-state index contributed by atoms with van der Waals surface area (Å²) in [6.45, 7) is 6.50. The second-order valence-corrected chi connectivity index (χ2v) is 9.81. The number of hydrogen-bond acceptors (Lipinski definition) is 6. The van der Waals surface area contributed by atoms with Gasteiger partial charge in [-0.05, 0) is 42.2 Å². The zero-order chi connectivity index (χ0) is 22.4. The van der Waals surface area contributed by atoms with Crippen LogP contribution in [0, 0.1) is 11.8 Å². The first-order valence-electron chi connectivity index (χ1n) is 11.1. The Morgan fingerprint density at radius 1 is 1.06 bits per heavy atom. The summed E-state index contributed by atoms with van der Waals surface area (Å²) < 4.78 is 3.26. The van der Waals surface area contributed by atoms with E-state index < -0.39 is 0 Å². The number of H-pyrrole nitrogens is 1. The quantitative estimate of drug-likeness (QED) is 0.374. The monoisotopic (exact) mass is 450 g/mol. The molecule has 0 spiro atoms. The van der Waals surface area contributed by atoms with Crippen LogP contribution in [0.5, 0.6) is 0 Å². The standard InChI is InChI=1S/C23H26N6O2S/c1-4-32-23-25-22(26-27-23)29-11-9-18-16(21(29)31)12-15-17(24-18)8-10-28(20(15)30)19-7-5-6-13(2)14(19)3/h8-14,19H,4-7H2,1-3H3,(H,25,26,27)/t13-,14+,19-/m1/s1. The van der Waals surface area contributed by atoms with E-state index in [9.17, 15) is 9.59 Å². The van der Waals surface area contributed by atoms with Crippen LogP contribution in [0.2, 0.25) is 0 Å². The van der Waals surface area contributed by atoms with Crippen LogP contribution < -0.4 is 11.1 Å². The lowest BCUT2D eigenvalue weighted by molar-refractivity contribution is 0.183. The molecule has 3 atom stereocenters. The van der Waals surface area contributed by atoms with Crippen molar-refractivity contribution < 1.29 is 0 Å². The van der Waals surface area contributed by atoms with Crippen molar-refractivity contribution in [1.82, 2.24) is 29.3 Å². The number of aromatic nitrogens is 6. The van der Waals surface area contributed by atoms with E-state index in [1.807, 2.05) is 23.8 Å². The highest BCUT2D eigenvalue weighted by Gasteiger charge is 2.29. The van der Waals surface area contributed by atoms with Crippen molar-refractivity contribution in [3.8, 4) is 5.95 Å². The zero-order valence-electron chi connectivity index (χ0n) is 18.4. The summed E-state index contributed by atoms with van der Waals surface area (Å²) in [5, 5.41) is 8.41. The number of fused-ring (bicyclic) bond motifs is 2. The Morgan fingerprint density at radius 3 is 2.59 bits per heavy atom. The van der Waals surface area contributed by atoms with Gasteiger partial charge in [0.25, 0.3) is 11.1 Å². The lowest BCUT2D eigenvalue weighted by atomic mass is 9.78. The van der Waals surface area contributed by atoms with Gasteiger partial charge in [-0.1, -0.05) is 45.4 Å². The molecule has 1 aliphatic rings. The first-order valence-corrected chi connectivity index (χ1v) is 12.1. The molecular weight excluding hydrogens is 424 g/mol. The summed E-state index contributed by atoms with van der Waals surface area (Å²) >= 11 is 1.49. The maximum absolute atomic E-state index is 13.4. The van der Waals surface area contributed by atoms with E-state index in [1.54, 1.807) is 18.3 Å². The van der Waals surface area contributed by atoms with Gasteiger partial charge in [-0.2, -0.15) is 4.98 Å². The van der Waals surface area contributed by atoms with Crippen LogP contribution in [-0.2, 0) is 0 Å². The Morgan fingerprint density at radius 2 is 1.81 bits per heavy atom. The fourth-order valence-corrected chi connectivity index (χ4v) is 5.27. The average Bonchev–Trinajstić information content (AvgIpc) is 3.24. The molecule has 5 rings (SSSR count). The third-order valence-electron chi connectivity index (χ3n) is 6.75. The summed E-state index contributed by atoms with van der Waals surface area (Å²) in [5.74, 6) is 2.19. The maximum Gasteiger partial charge on any atom is 0.266 e. The predicted molar refractivity (Wildman–Crippen MR) is 127 cm³/mol. The van der Waals surface area contributed by atoms with Crippen LogP contribution in [0.15, 0.2) is 45.3 Å². The molecule has 8 nitrogen and oxygen atoms in total. The average molecular weight is 451 g/mol. The Labute approximate surface area is 189 Å². The Hall–Kier alpha value is -2.94. The van der Waals surface area contributed by atoms with E-state index in [1.165, 1.54) is 22.7 Å². The Kier molecular flexibility index (Phi) is 5.36. The number of rotatable bonds is 4. The molecule has 0 aliphatic heterocycles. The second-order valence-electron chi connectivity index (χ2n) is 8.58. The number of thioether (sulfide) groups is 1. The summed E-state index contributed by atoms with van der Waals surface area (Å²) in [5.41, 5.74) is 0.793. The SMILES string of the molecule is CCSc1n[nH]c(-n2ccc3nc4ccn([C@@H]5CCC[C@@H](C)[C@@H]5C)c(=O)c4cc3c2=O)n1. The molecule has 1 saturated carbocycles. The molecule has 0 unspecified atom stereocenters. The van der Waals surface area contributed by atoms with Crippen molar-refractivity contribution in [2.24, 2.45) is 11.8 Å². The summed E-state index contributed by atoms with van der Waals surface area (Å²) in [4.78, 5) is 35.7. The predicted octanol–water partition coefficient (Wildman–Crippen LogP) is 3.93. The van der Waals surface area contributed by atoms with Gasteiger partial charge in [-0.25, -0.2) is 10.1 Å². The lowest BCUT2D eigenvalue weighted by Crippen LogP contribution is -2.33. The minimum atomic E-state index is -0.282. The molecule has 166 valence electrons. The van der Waals surface area contributed by atoms with Gasteiger partial charge < -0.3 is 4.57 Å². The van der Waals surface area contributed by atoms with Gasteiger partial charge in [0.1, 0.15) is 0 Å². The number of nitrogens with one attached hydrogen (secondary N) is 1. The van der Waals surface area contributed by atoms with Crippen LogP contribution >= 0.6 is 11.8 Å². The van der Waals surface area contributed by atoms with E-state index in [4.69, 9.17) is 0 Å². The highest BCUT2D eigenvalue weighted by Crippen LogP contribution is 2.37. The molecule has 0 aromatic carbocycles. The van der Waals surface area contributed by atoms with Crippen LogP contribution in [0.4, 0.5) is 0 Å². The van der Waals surface area contributed by atoms with Crippen molar-refractivity contribution in [3.63, 3.8) is 0 Å². The Balaban J connectivity index is 1.65. The molecule has 0 saturated heterocycles. The molecule has 1 N–H and O–H groups in total. The molecule has 1 fully saturated rings. The van der Waals surface area contributed by atoms with Crippen molar-refractivity contribution in [3.05, 3.63) is 51.3 Å². The first kappa shape index (κ1) is 20.9. The van der Waals surface area contributed by atoms with E-state index in [0.717, 1.165) is 18.6 Å². The van der Waals surface area contributed by atoms with Crippen LogP contribution in [0.1, 0.15) is 46.1 Å². The minimum absolute atomic E-state index is 0.0843. The highest BCUT2D eigenvalue weighted by molar-refractivity contribution is 7.99. The fraction of sp³-hybridized carbons (Fsp3) is 0.435. The smallest absolute Gasteiger partial charge is 0.266 e. The highest BCUT2D eigenvalue weighted by atomic mass is 32.2. The third-order valence-corrected chi connectivity index (χ3v) is 7.48. The van der Waals surface area contributed by atoms with E-state index in [-0.39, 0.29) is 17.2 Å². The molecule has 4 aromatic heterocycles. The van der Waals surface area contributed by atoms with Crippen molar-refractivity contribution >= 4 is 33.6 Å². The van der Waals surface area contributed by atoms with Crippen molar-refractivity contribution in [2.45, 2.75) is 51.2 Å². The topological polar surface area (TPSA) is 98.5 Å². The zero-order valence-corrected chi connectivity index (χ0v) is 19.2. The molecule has 0 amide bonds. The Bertz CT molecular complexity index is 1420. The van der Waals surface area contributed by atoms with Crippen LogP contribution in [-0.4, -0.2) is 35.1 Å². The largest absolute Gasteiger partial charge is 0.312 e. The number of nitrogens with zero attached hydrogens (tertiary/aromatic N) is 5. The van der Waals surface area contributed by atoms with Gasteiger partial charge in [0.05, 0.1) is 21.8 Å². The molecular formula is C23H26N6O2S. The van der Waals surface area contributed by atoms with Crippen molar-refractivity contribution in [2.75, 3.05) is 5.75 Å². The van der Waals surface area contributed by atoms with E-state index in [0.29, 0.717) is 44.7 Å². The van der Waals surface area contributed by atoms with E-state index >= 15 is 0 Å². The maximum atomic E-state index is 13.4.